The van der Waals surface area contributed by atoms with Crippen LogP contribution in [-0.2, 0) is 24.9 Å². The molecule has 0 saturated carbocycles. The van der Waals surface area contributed by atoms with Crippen molar-refractivity contribution in [3.8, 4) is 0 Å². The molecule has 2 amide bonds. The summed E-state index contributed by atoms with van der Waals surface area (Å²) in [6.45, 7) is 8.27. The number of hydrogen-bond acceptors (Lipinski definition) is 2. The summed E-state index contributed by atoms with van der Waals surface area (Å²) in [5, 5.41) is 2.96. The number of rotatable bonds is 4. The number of carbonyl (C=O) groups excluding carboxylic acids is 2. The van der Waals surface area contributed by atoms with Gasteiger partial charge in [-0.15, -0.1) is 0 Å². The first-order valence-electron chi connectivity index (χ1n) is 11.1. The van der Waals surface area contributed by atoms with Crippen LogP contribution in [0.25, 0.3) is 0 Å². The molecule has 4 rings (SSSR count). The first kappa shape index (κ1) is 21.8. The predicted molar refractivity (Wildman–Crippen MR) is 128 cm³/mol. The average molecular weight is 427 g/mol. The first-order valence-corrected chi connectivity index (χ1v) is 11.1. The molecule has 0 saturated heterocycles. The quantitative estimate of drug-likeness (QED) is 0.630. The Labute approximate surface area is 190 Å². The van der Waals surface area contributed by atoms with E-state index >= 15 is 0 Å². The van der Waals surface area contributed by atoms with E-state index in [4.69, 9.17) is 0 Å². The molecule has 0 atom stereocenters. The summed E-state index contributed by atoms with van der Waals surface area (Å²) in [5.41, 5.74) is 6.10. The highest BCUT2D eigenvalue weighted by Gasteiger charge is 2.21. The molecule has 32 heavy (non-hydrogen) atoms. The number of nitrogens with zero attached hydrogens (tertiary/aromatic N) is 1. The van der Waals surface area contributed by atoms with E-state index < -0.39 is 0 Å². The van der Waals surface area contributed by atoms with E-state index in [1.54, 1.807) is 0 Å². The first-order chi connectivity index (χ1) is 15.3. The fourth-order valence-electron chi connectivity index (χ4n) is 4.02. The van der Waals surface area contributed by atoms with Crippen LogP contribution in [0.4, 0.5) is 0 Å². The molecule has 3 aromatic rings. The van der Waals surface area contributed by atoms with Crippen LogP contribution >= 0.6 is 0 Å². The van der Waals surface area contributed by atoms with Gasteiger partial charge in [-0.1, -0.05) is 69.3 Å². The zero-order valence-corrected chi connectivity index (χ0v) is 19.0. The van der Waals surface area contributed by atoms with Gasteiger partial charge >= 0.3 is 0 Å². The summed E-state index contributed by atoms with van der Waals surface area (Å²) in [6.07, 6.45) is 0.892. The molecule has 4 heteroatoms. The lowest BCUT2D eigenvalue weighted by atomic mass is 9.87. The fraction of sp³-hybridized carbons (Fsp3) is 0.286. The van der Waals surface area contributed by atoms with Crippen LogP contribution in [0, 0.1) is 0 Å². The number of benzene rings is 3. The van der Waals surface area contributed by atoms with Crippen molar-refractivity contribution in [1.29, 1.82) is 0 Å². The van der Waals surface area contributed by atoms with Crippen LogP contribution < -0.4 is 5.32 Å². The van der Waals surface area contributed by atoms with E-state index in [1.807, 2.05) is 59.5 Å². The largest absolute Gasteiger partial charge is 0.348 e. The predicted octanol–water partition coefficient (Wildman–Crippen LogP) is 5.11. The third kappa shape index (κ3) is 4.91. The lowest BCUT2D eigenvalue weighted by Crippen LogP contribution is -2.35. The lowest BCUT2D eigenvalue weighted by Gasteiger charge is -2.29. The Kier molecular flexibility index (Phi) is 6.13. The number of amides is 2. The van der Waals surface area contributed by atoms with Crippen molar-refractivity contribution in [2.45, 2.75) is 45.7 Å². The molecular weight excluding hydrogens is 396 g/mol. The Morgan fingerprint density at radius 3 is 2.12 bits per heavy atom. The number of nitrogens with one attached hydrogen (secondary N) is 1. The molecule has 0 fully saturated rings. The second-order valence-electron chi connectivity index (χ2n) is 9.45. The van der Waals surface area contributed by atoms with E-state index in [2.05, 4.69) is 44.3 Å². The van der Waals surface area contributed by atoms with Gasteiger partial charge in [-0.3, -0.25) is 9.59 Å². The summed E-state index contributed by atoms with van der Waals surface area (Å²) in [7, 11) is 0. The van der Waals surface area contributed by atoms with Gasteiger partial charge in [0.25, 0.3) is 11.8 Å². The summed E-state index contributed by atoms with van der Waals surface area (Å²) in [4.78, 5) is 27.3. The summed E-state index contributed by atoms with van der Waals surface area (Å²) in [6, 6.07) is 23.6. The molecule has 4 nitrogen and oxygen atoms in total. The minimum absolute atomic E-state index is 0.0500. The molecular formula is C28H30N2O2. The van der Waals surface area contributed by atoms with Gasteiger partial charge in [-0.05, 0) is 58.4 Å². The summed E-state index contributed by atoms with van der Waals surface area (Å²) in [5.74, 6) is -0.0494. The molecule has 0 unspecified atom stereocenters. The normalized spacial score (nSPS) is 13.4. The highest BCUT2D eigenvalue weighted by atomic mass is 16.2. The Morgan fingerprint density at radius 1 is 0.844 bits per heavy atom. The minimum Gasteiger partial charge on any atom is -0.348 e. The SMILES string of the molecule is CC(C)(C)c1ccc(C(=O)NCc2ccc(C(=O)N3CCc4ccccc4C3)cc2)cc1. The zero-order chi connectivity index (χ0) is 22.7. The molecule has 0 spiro atoms. The van der Waals surface area contributed by atoms with Crippen molar-refractivity contribution in [1.82, 2.24) is 10.2 Å². The van der Waals surface area contributed by atoms with Crippen LogP contribution in [0.15, 0.2) is 72.8 Å². The summed E-state index contributed by atoms with van der Waals surface area (Å²) >= 11 is 0. The molecule has 0 aromatic heterocycles. The van der Waals surface area contributed by atoms with Crippen LogP contribution in [0.2, 0.25) is 0 Å². The highest BCUT2D eigenvalue weighted by molar-refractivity contribution is 5.95. The van der Waals surface area contributed by atoms with Gasteiger partial charge in [-0.25, -0.2) is 0 Å². The number of fused-ring (bicyclic) bond motifs is 1. The van der Waals surface area contributed by atoms with Crippen LogP contribution in [0.5, 0.6) is 0 Å². The second-order valence-corrected chi connectivity index (χ2v) is 9.45. The zero-order valence-electron chi connectivity index (χ0n) is 19.0. The van der Waals surface area contributed by atoms with Gasteiger partial charge in [0, 0.05) is 30.8 Å². The molecule has 1 aliphatic heterocycles. The maximum absolute atomic E-state index is 12.9. The fourth-order valence-corrected chi connectivity index (χ4v) is 4.02. The number of carbonyl (C=O) groups is 2. The van der Waals surface area contributed by atoms with Gasteiger partial charge in [0.05, 0.1) is 0 Å². The molecule has 1 N–H and O–H groups in total. The van der Waals surface area contributed by atoms with Crippen LogP contribution in [-0.4, -0.2) is 23.3 Å². The molecule has 3 aromatic carbocycles. The molecule has 1 heterocycles. The summed E-state index contributed by atoms with van der Waals surface area (Å²) < 4.78 is 0. The second kappa shape index (κ2) is 8.99. The Morgan fingerprint density at radius 2 is 1.47 bits per heavy atom. The Hall–Kier alpha value is -3.40. The van der Waals surface area contributed by atoms with Crippen molar-refractivity contribution in [2.75, 3.05) is 6.54 Å². The maximum Gasteiger partial charge on any atom is 0.254 e. The van der Waals surface area contributed by atoms with E-state index in [9.17, 15) is 9.59 Å². The van der Waals surface area contributed by atoms with E-state index in [-0.39, 0.29) is 17.2 Å². The van der Waals surface area contributed by atoms with Crippen molar-refractivity contribution in [3.05, 3.63) is 106 Å². The Bertz CT molecular complexity index is 1110. The molecule has 164 valence electrons. The van der Waals surface area contributed by atoms with E-state index in [0.717, 1.165) is 18.5 Å². The Balaban J connectivity index is 1.34. The molecule has 0 radical (unpaired) electrons. The maximum atomic E-state index is 12.9. The number of hydrogen-bond donors (Lipinski definition) is 1. The lowest BCUT2D eigenvalue weighted by molar-refractivity contribution is 0.0734. The molecule has 1 aliphatic rings. The van der Waals surface area contributed by atoms with E-state index in [0.29, 0.717) is 24.2 Å². The van der Waals surface area contributed by atoms with Gasteiger partial charge < -0.3 is 10.2 Å². The van der Waals surface area contributed by atoms with Crippen molar-refractivity contribution < 1.29 is 9.59 Å². The third-order valence-corrected chi connectivity index (χ3v) is 6.08. The van der Waals surface area contributed by atoms with Crippen molar-refractivity contribution >= 4 is 11.8 Å². The smallest absolute Gasteiger partial charge is 0.254 e. The van der Waals surface area contributed by atoms with Crippen molar-refractivity contribution in [2.24, 2.45) is 0 Å². The van der Waals surface area contributed by atoms with Gasteiger partial charge in [0.15, 0.2) is 0 Å². The highest BCUT2D eigenvalue weighted by Crippen LogP contribution is 2.22. The average Bonchev–Trinajstić information content (AvgIpc) is 2.81. The van der Waals surface area contributed by atoms with Crippen molar-refractivity contribution in [3.63, 3.8) is 0 Å². The van der Waals surface area contributed by atoms with Gasteiger partial charge in [0.2, 0.25) is 0 Å². The van der Waals surface area contributed by atoms with E-state index in [1.165, 1.54) is 16.7 Å². The van der Waals surface area contributed by atoms with Gasteiger partial charge in [0.1, 0.15) is 0 Å². The standard InChI is InChI=1S/C28H30N2O2/c1-28(2,3)25-14-12-22(13-15-25)26(31)29-18-20-8-10-23(11-9-20)27(32)30-17-16-21-6-4-5-7-24(21)19-30/h4-15H,16-19H2,1-3H3,(H,29,31). The van der Waals surface area contributed by atoms with Crippen LogP contribution in [0.3, 0.4) is 0 Å². The monoisotopic (exact) mass is 426 g/mol. The molecule has 0 aliphatic carbocycles. The minimum atomic E-state index is -0.0994. The van der Waals surface area contributed by atoms with Crippen LogP contribution in [0.1, 0.15) is 63.7 Å². The topological polar surface area (TPSA) is 49.4 Å². The third-order valence-electron chi connectivity index (χ3n) is 6.08. The van der Waals surface area contributed by atoms with Gasteiger partial charge in [-0.2, -0.15) is 0 Å². The molecule has 0 bridgehead atoms.